The average molecular weight is 227 g/mol. The molecule has 0 heterocycles. The first-order valence-electron chi connectivity index (χ1n) is 6.83. The zero-order valence-electron chi connectivity index (χ0n) is 10.7. The van der Waals surface area contributed by atoms with E-state index < -0.39 is 0 Å². The van der Waals surface area contributed by atoms with Gasteiger partial charge in [-0.3, -0.25) is 0 Å². The molecule has 0 radical (unpaired) electrons. The van der Waals surface area contributed by atoms with E-state index in [1.165, 1.54) is 44.1 Å². The molecule has 17 heavy (non-hydrogen) atoms. The van der Waals surface area contributed by atoms with E-state index >= 15 is 0 Å². The summed E-state index contributed by atoms with van der Waals surface area (Å²) in [6.45, 7) is 2.28. The van der Waals surface area contributed by atoms with Gasteiger partial charge in [-0.15, -0.1) is 0 Å². The summed E-state index contributed by atoms with van der Waals surface area (Å²) in [6, 6.07) is 10.4. The molecule has 0 amide bonds. The van der Waals surface area contributed by atoms with Gasteiger partial charge in [0.15, 0.2) is 0 Å². The van der Waals surface area contributed by atoms with E-state index in [2.05, 4.69) is 25.1 Å². The average Bonchev–Trinajstić information content (AvgIpc) is 2.40. The molecule has 0 bridgehead atoms. The lowest BCUT2D eigenvalue weighted by Gasteiger charge is -2.28. The van der Waals surface area contributed by atoms with Crippen LogP contribution in [0.1, 0.15) is 62.5 Å². The minimum Gasteiger partial charge on any atom is -0.192 e. The molecule has 90 valence electrons. The van der Waals surface area contributed by atoms with Crippen molar-refractivity contribution in [1.82, 2.24) is 0 Å². The third kappa shape index (κ3) is 3.09. The molecular formula is C16H21N. The maximum absolute atomic E-state index is 8.78. The first-order chi connectivity index (χ1) is 8.33. The molecule has 1 saturated carbocycles. The van der Waals surface area contributed by atoms with Crippen LogP contribution in [-0.2, 0) is 0 Å². The highest BCUT2D eigenvalue weighted by Gasteiger charge is 2.21. The van der Waals surface area contributed by atoms with Crippen molar-refractivity contribution in [2.24, 2.45) is 5.92 Å². The van der Waals surface area contributed by atoms with Crippen molar-refractivity contribution in [3.8, 4) is 6.07 Å². The number of hydrogen-bond donors (Lipinski definition) is 0. The van der Waals surface area contributed by atoms with Crippen molar-refractivity contribution in [2.45, 2.75) is 51.4 Å². The second-order valence-electron chi connectivity index (χ2n) is 5.24. The van der Waals surface area contributed by atoms with Gasteiger partial charge in [0.05, 0.1) is 11.6 Å². The molecule has 0 aromatic heterocycles. The number of hydrogen-bond acceptors (Lipinski definition) is 1. The Kier molecular flexibility index (Phi) is 4.20. The fourth-order valence-electron chi connectivity index (χ4n) is 3.02. The highest BCUT2D eigenvalue weighted by Crippen LogP contribution is 2.37. The van der Waals surface area contributed by atoms with Crippen LogP contribution in [0.4, 0.5) is 0 Å². The molecular weight excluding hydrogens is 206 g/mol. The van der Waals surface area contributed by atoms with Crippen LogP contribution in [-0.4, -0.2) is 0 Å². The van der Waals surface area contributed by atoms with E-state index in [1.54, 1.807) is 0 Å². The zero-order chi connectivity index (χ0) is 12.1. The molecule has 1 fully saturated rings. The molecule has 1 aliphatic carbocycles. The van der Waals surface area contributed by atoms with Crippen molar-refractivity contribution in [3.63, 3.8) is 0 Å². The van der Waals surface area contributed by atoms with Crippen LogP contribution in [0.15, 0.2) is 24.3 Å². The number of benzene rings is 1. The van der Waals surface area contributed by atoms with Crippen molar-refractivity contribution in [2.75, 3.05) is 0 Å². The van der Waals surface area contributed by atoms with Gasteiger partial charge < -0.3 is 0 Å². The van der Waals surface area contributed by atoms with Crippen LogP contribution in [0.5, 0.6) is 0 Å². The lowest BCUT2D eigenvalue weighted by Crippen LogP contribution is -2.13. The molecule has 0 saturated heterocycles. The number of rotatable bonds is 3. The summed E-state index contributed by atoms with van der Waals surface area (Å²) in [6.07, 6.45) is 8.16. The summed E-state index contributed by atoms with van der Waals surface area (Å²) in [7, 11) is 0. The Morgan fingerprint density at radius 3 is 2.29 bits per heavy atom. The summed E-state index contributed by atoms with van der Waals surface area (Å²) in [5, 5.41) is 8.78. The molecule has 1 heteroatoms. The van der Waals surface area contributed by atoms with Crippen LogP contribution >= 0.6 is 0 Å². The van der Waals surface area contributed by atoms with Crippen molar-refractivity contribution in [3.05, 3.63) is 35.4 Å². The SMILES string of the molecule is CCCC1CCC(c2ccc(C#N)cc2)CC1. The highest BCUT2D eigenvalue weighted by atomic mass is 14.3. The van der Waals surface area contributed by atoms with Gasteiger partial charge in [0.1, 0.15) is 0 Å². The summed E-state index contributed by atoms with van der Waals surface area (Å²) >= 11 is 0. The second kappa shape index (κ2) is 5.87. The summed E-state index contributed by atoms with van der Waals surface area (Å²) in [4.78, 5) is 0. The first kappa shape index (κ1) is 12.2. The predicted molar refractivity (Wildman–Crippen MR) is 70.8 cm³/mol. The van der Waals surface area contributed by atoms with E-state index in [1.807, 2.05) is 12.1 Å². The lowest BCUT2D eigenvalue weighted by atomic mass is 9.77. The van der Waals surface area contributed by atoms with Gasteiger partial charge >= 0.3 is 0 Å². The van der Waals surface area contributed by atoms with Crippen LogP contribution in [0.2, 0.25) is 0 Å². The van der Waals surface area contributed by atoms with E-state index in [0.29, 0.717) is 0 Å². The molecule has 0 atom stereocenters. The zero-order valence-corrected chi connectivity index (χ0v) is 10.7. The van der Waals surface area contributed by atoms with Crippen LogP contribution in [0.3, 0.4) is 0 Å². The Hall–Kier alpha value is -1.29. The van der Waals surface area contributed by atoms with Gasteiger partial charge in [-0.1, -0.05) is 31.9 Å². The van der Waals surface area contributed by atoms with Gasteiger partial charge in [-0.2, -0.15) is 5.26 Å². The normalized spacial score (nSPS) is 24.2. The topological polar surface area (TPSA) is 23.8 Å². The maximum Gasteiger partial charge on any atom is 0.0991 e. The lowest BCUT2D eigenvalue weighted by molar-refractivity contribution is 0.308. The molecule has 1 aliphatic rings. The van der Waals surface area contributed by atoms with Crippen LogP contribution in [0.25, 0.3) is 0 Å². The monoisotopic (exact) mass is 227 g/mol. The first-order valence-corrected chi connectivity index (χ1v) is 6.83. The molecule has 0 unspecified atom stereocenters. The molecule has 0 spiro atoms. The largest absolute Gasteiger partial charge is 0.192 e. The van der Waals surface area contributed by atoms with Crippen molar-refractivity contribution in [1.29, 1.82) is 5.26 Å². The number of nitriles is 1. The minimum atomic E-state index is 0.732. The van der Waals surface area contributed by atoms with Gasteiger partial charge in [0.25, 0.3) is 0 Å². The molecule has 0 aliphatic heterocycles. The minimum absolute atomic E-state index is 0.732. The summed E-state index contributed by atoms with van der Waals surface area (Å²) in [5.41, 5.74) is 2.20. The van der Waals surface area contributed by atoms with Gasteiger partial charge in [-0.05, 0) is 55.2 Å². The van der Waals surface area contributed by atoms with Crippen LogP contribution < -0.4 is 0 Å². The Bertz CT molecular complexity index is 377. The third-order valence-corrected chi connectivity index (χ3v) is 4.05. The predicted octanol–water partition coefficient (Wildman–Crippen LogP) is 4.63. The van der Waals surface area contributed by atoms with Crippen molar-refractivity contribution < 1.29 is 0 Å². The number of nitrogens with zero attached hydrogens (tertiary/aromatic N) is 1. The third-order valence-electron chi connectivity index (χ3n) is 4.05. The fraction of sp³-hybridized carbons (Fsp3) is 0.562. The van der Waals surface area contributed by atoms with Crippen LogP contribution in [0, 0.1) is 17.2 Å². The molecule has 1 nitrogen and oxygen atoms in total. The Balaban J connectivity index is 1.94. The molecule has 1 aromatic carbocycles. The highest BCUT2D eigenvalue weighted by molar-refractivity contribution is 5.33. The molecule has 1 aromatic rings. The fourth-order valence-corrected chi connectivity index (χ4v) is 3.02. The quantitative estimate of drug-likeness (QED) is 0.738. The van der Waals surface area contributed by atoms with E-state index in [9.17, 15) is 0 Å². The Morgan fingerprint density at radius 2 is 1.76 bits per heavy atom. The maximum atomic E-state index is 8.78. The second-order valence-corrected chi connectivity index (χ2v) is 5.24. The summed E-state index contributed by atoms with van der Waals surface area (Å²) < 4.78 is 0. The van der Waals surface area contributed by atoms with Crippen molar-refractivity contribution >= 4 is 0 Å². The van der Waals surface area contributed by atoms with E-state index in [-0.39, 0.29) is 0 Å². The van der Waals surface area contributed by atoms with Gasteiger partial charge in [0, 0.05) is 0 Å². The standard InChI is InChI=1S/C16H21N/c1-2-3-13-4-8-15(9-5-13)16-10-6-14(12-17)7-11-16/h6-7,10-11,13,15H,2-5,8-9H2,1H3. The summed E-state index contributed by atoms with van der Waals surface area (Å²) in [5.74, 6) is 1.70. The smallest absolute Gasteiger partial charge is 0.0991 e. The van der Waals surface area contributed by atoms with E-state index in [4.69, 9.17) is 5.26 Å². The van der Waals surface area contributed by atoms with E-state index in [0.717, 1.165) is 17.4 Å². The molecule has 0 N–H and O–H groups in total. The Labute approximate surface area is 104 Å². The van der Waals surface area contributed by atoms with Gasteiger partial charge in [0.2, 0.25) is 0 Å². The van der Waals surface area contributed by atoms with Gasteiger partial charge in [-0.25, -0.2) is 0 Å². The Morgan fingerprint density at radius 1 is 1.12 bits per heavy atom. The molecule has 2 rings (SSSR count).